The summed E-state index contributed by atoms with van der Waals surface area (Å²) in [5.41, 5.74) is 1.93. The first-order valence-corrected chi connectivity index (χ1v) is 8.26. The van der Waals surface area contributed by atoms with Gasteiger partial charge in [-0.05, 0) is 32.8 Å². The van der Waals surface area contributed by atoms with Gasteiger partial charge in [-0.25, -0.2) is 0 Å². The smallest absolute Gasteiger partial charge is 0.294 e. The van der Waals surface area contributed by atoms with Crippen molar-refractivity contribution in [2.75, 3.05) is 0 Å². The van der Waals surface area contributed by atoms with Crippen LogP contribution in [0.2, 0.25) is 0 Å². The van der Waals surface area contributed by atoms with Gasteiger partial charge in [0.2, 0.25) is 0 Å². The largest absolute Gasteiger partial charge is 0.428 e. The fourth-order valence-corrected chi connectivity index (χ4v) is 3.34. The van der Waals surface area contributed by atoms with Gasteiger partial charge in [-0.1, -0.05) is 78.9 Å². The quantitative estimate of drug-likeness (QED) is 0.494. The van der Waals surface area contributed by atoms with E-state index in [1.807, 2.05) is 48.5 Å². The Bertz CT molecular complexity index is 1110. The summed E-state index contributed by atoms with van der Waals surface area (Å²) in [6, 6.07) is 28.6. The van der Waals surface area contributed by atoms with Crippen LogP contribution in [0.4, 0.5) is 0 Å². The van der Waals surface area contributed by atoms with Crippen LogP contribution in [0.3, 0.4) is 0 Å². The van der Waals surface area contributed by atoms with E-state index in [-0.39, 0.29) is 0 Å². The Morgan fingerprint density at radius 3 is 2.12 bits per heavy atom. The molecular formula is C22H15NO2. The number of ether oxygens (including phenoxy) is 1. The molecule has 0 fully saturated rings. The van der Waals surface area contributed by atoms with E-state index < -0.39 is 6.29 Å². The number of fused-ring (bicyclic) bond motifs is 2. The normalized spacial score (nSPS) is 16.5. The summed E-state index contributed by atoms with van der Waals surface area (Å²) in [6.45, 7) is 0. The van der Waals surface area contributed by atoms with Crippen molar-refractivity contribution in [1.82, 2.24) is 0 Å². The summed E-state index contributed by atoms with van der Waals surface area (Å²) in [5, 5.41) is 8.74. The van der Waals surface area contributed by atoms with Crippen LogP contribution in [0.15, 0.2) is 90.1 Å². The summed E-state index contributed by atoms with van der Waals surface area (Å²) in [5.74, 6) is 0.523. The molecule has 1 aliphatic heterocycles. The van der Waals surface area contributed by atoms with Gasteiger partial charge < -0.3 is 9.57 Å². The summed E-state index contributed by atoms with van der Waals surface area (Å²) < 4.78 is 6.08. The Labute approximate surface area is 145 Å². The van der Waals surface area contributed by atoms with E-state index >= 15 is 0 Å². The second-order valence-electron chi connectivity index (χ2n) is 6.05. The van der Waals surface area contributed by atoms with Gasteiger partial charge in [0.25, 0.3) is 12.2 Å². The maximum absolute atomic E-state index is 6.08. The number of benzene rings is 4. The third-order valence-corrected chi connectivity index (χ3v) is 4.55. The second-order valence-corrected chi connectivity index (χ2v) is 6.05. The van der Waals surface area contributed by atoms with Gasteiger partial charge in [-0.15, -0.1) is 0 Å². The molecule has 120 valence electrons. The molecule has 0 bridgehead atoms. The highest BCUT2D eigenvalue weighted by molar-refractivity contribution is 6.07. The molecule has 5 rings (SSSR count). The van der Waals surface area contributed by atoms with E-state index in [2.05, 4.69) is 41.6 Å². The van der Waals surface area contributed by atoms with E-state index in [1.165, 1.54) is 0 Å². The molecule has 3 nitrogen and oxygen atoms in total. The monoisotopic (exact) mass is 325 g/mol. The Balaban J connectivity index is 1.53. The van der Waals surface area contributed by atoms with Crippen molar-refractivity contribution in [2.45, 2.75) is 6.29 Å². The lowest BCUT2D eigenvalue weighted by atomic mass is 10.0. The van der Waals surface area contributed by atoms with E-state index in [4.69, 9.17) is 9.57 Å². The van der Waals surface area contributed by atoms with E-state index in [0.29, 0.717) is 5.90 Å². The molecule has 1 heterocycles. The zero-order valence-electron chi connectivity index (χ0n) is 13.4. The minimum atomic E-state index is -0.528. The lowest BCUT2D eigenvalue weighted by molar-refractivity contribution is -0.0487. The molecule has 0 radical (unpaired) electrons. The minimum Gasteiger partial charge on any atom is -0.428 e. The highest BCUT2D eigenvalue weighted by Crippen LogP contribution is 2.33. The fraction of sp³-hybridized carbons (Fsp3) is 0.0455. The van der Waals surface area contributed by atoms with Crippen LogP contribution in [0.5, 0.6) is 0 Å². The molecule has 0 N–H and O–H groups in total. The molecule has 0 aliphatic carbocycles. The predicted molar refractivity (Wildman–Crippen MR) is 99.3 cm³/mol. The van der Waals surface area contributed by atoms with Crippen molar-refractivity contribution in [3.8, 4) is 0 Å². The Morgan fingerprint density at radius 2 is 1.28 bits per heavy atom. The molecule has 1 atom stereocenters. The maximum atomic E-state index is 6.08. The average Bonchev–Trinajstić information content (AvgIpc) is 3.17. The predicted octanol–water partition coefficient (Wildman–Crippen LogP) is 5.40. The molecule has 3 heteroatoms. The molecule has 0 aromatic heterocycles. The summed E-state index contributed by atoms with van der Waals surface area (Å²) >= 11 is 0. The number of hydrogen-bond acceptors (Lipinski definition) is 3. The van der Waals surface area contributed by atoms with Crippen LogP contribution in [0.1, 0.15) is 17.4 Å². The van der Waals surface area contributed by atoms with Gasteiger partial charge in [0, 0.05) is 11.1 Å². The summed E-state index contributed by atoms with van der Waals surface area (Å²) in [6.07, 6.45) is -0.528. The second kappa shape index (κ2) is 5.64. The van der Waals surface area contributed by atoms with Crippen LogP contribution in [-0.2, 0) is 9.57 Å². The molecule has 4 aromatic rings. The molecule has 1 aliphatic rings. The number of oxime groups is 1. The van der Waals surface area contributed by atoms with E-state index in [1.54, 1.807) is 0 Å². The number of nitrogens with zero attached hydrogens (tertiary/aromatic N) is 1. The van der Waals surface area contributed by atoms with Gasteiger partial charge in [-0.2, -0.15) is 0 Å². The average molecular weight is 325 g/mol. The van der Waals surface area contributed by atoms with Gasteiger partial charge in [-0.3, -0.25) is 0 Å². The first-order chi connectivity index (χ1) is 12.4. The zero-order chi connectivity index (χ0) is 16.6. The molecular weight excluding hydrogens is 310 g/mol. The first kappa shape index (κ1) is 14.1. The standard InChI is InChI=1S/C22H15NO2/c1-3-11-17-15(7-1)9-5-13-19(17)21-23-25-22(24-21)20-14-6-10-16-8-2-4-12-18(16)20/h1-14,22H. The third kappa shape index (κ3) is 2.32. The van der Waals surface area contributed by atoms with Gasteiger partial charge in [0.05, 0.1) is 0 Å². The molecule has 0 spiro atoms. The first-order valence-electron chi connectivity index (χ1n) is 8.26. The summed E-state index contributed by atoms with van der Waals surface area (Å²) in [7, 11) is 0. The number of rotatable bonds is 2. The topological polar surface area (TPSA) is 30.8 Å². The van der Waals surface area contributed by atoms with Crippen LogP contribution in [0, 0.1) is 0 Å². The van der Waals surface area contributed by atoms with Gasteiger partial charge in [0.15, 0.2) is 0 Å². The van der Waals surface area contributed by atoms with Gasteiger partial charge >= 0.3 is 0 Å². The third-order valence-electron chi connectivity index (χ3n) is 4.55. The van der Waals surface area contributed by atoms with Crippen LogP contribution in [0.25, 0.3) is 21.5 Å². The lowest BCUT2D eigenvalue weighted by Crippen LogP contribution is -2.06. The van der Waals surface area contributed by atoms with E-state index in [0.717, 1.165) is 32.7 Å². The molecule has 0 saturated carbocycles. The Morgan fingerprint density at radius 1 is 0.640 bits per heavy atom. The van der Waals surface area contributed by atoms with E-state index in [9.17, 15) is 0 Å². The Hall–Kier alpha value is -3.33. The maximum Gasteiger partial charge on any atom is 0.294 e. The molecule has 1 unspecified atom stereocenters. The van der Waals surface area contributed by atoms with Crippen LogP contribution >= 0.6 is 0 Å². The van der Waals surface area contributed by atoms with Crippen molar-refractivity contribution < 1.29 is 9.57 Å². The van der Waals surface area contributed by atoms with Crippen LogP contribution < -0.4 is 0 Å². The number of hydrogen-bond donors (Lipinski definition) is 0. The highest BCUT2D eigenvalue weighted by atomic mass is 16.8. The van der Waals surface area contributed by atoms with Crippen LogP contribution in [-0.4, -0.2) is 5.90 Å². The lowest BCUT2D eigenvalue weighted by Gasteiger charge is -2.12. The van der Waals surface area contributed by atoms with Crippen molar-refractivity contribution >= 4 is 27.4 Å². The minimum absolute atomic E-state index is 0.523. The van der Waals surface area contributed by atoms with Crippen molar-refractivity contribution in [1.29, 1.82) is 0 Å². The summed E-state index contributed by atoms with van der Waals surface area (Å²) in [4.78, 5) is 5.63. The van der Waals surface area contributed by atoms with Crippen molar-refractivity contribution in [3.05, 3.63) is 96.1 Å². The van der Waals surface area contributed by atoms with Gasteiger partial charge in [0.1, 0.15) is 0 Å². The highest BCUT2D eigenvalue weighted by Gasteiger charge is 2.27. The SMILES string of the molecule is c1ccc2c(C3=NOC(c4cccc5ccccc45)O3)cccc2c1. The Kier molecular flexibility index (Phi) is 3.17. The van der Waals surface area contributed by atoms with Crippen molar-refractivity contribution in [3.63, 3.8) is 0 Å². The molecule has 4 aromatic carbocycles. The molecule has 25 heavy (non-hydrogen) atoms. The zero-order valence-corrected chi connectivity index (χ0v) is 13.4. The van der Waals surface area contributed by atoms with Crippen molar-refractivity contribution in [2.24, 2.45) is 5.16 Å². The molecule has 0 saturated heterocycles. The molecule has 0 amide bonds. The fourth-order valence-electron chi connectivity index (χ4n) is 3.34.